The highest BCUT2D eigenvalue weighted by atomic mass is 32.2. The molecule has 1 atom stereocenters. The van der Waals surface area contributed by atoms with Crippen molar-refractivity contribution in [2.24, 2.45) is 0 Å². The van der Waals surface area contributed by atoms with Crippen molar-refractivity contribution in [3.05, 3.63) is 29.8 Å². The molecular weight excluding hydrogens is 260 g/mol. The third-order valence-corrected chi connectivity index (χ3v) is 3.26. The predicted octanol–water partition coefficient (Wildman–Crippen LogP) is 2.51. The Morgan fingerprint density at radius 3 is 2.67 bits per heavy atom. The number of thioether (sulfide) groups is 1. The van der Waals surface area contributed by atoms with Crippen molar-refractivity contribution < 1.29 is 18.7 Å². The number of hydrogen-bond acceptors (Lipinski definition) is 3. The molecule has 100 valence electrons. The van der Waals surface area contributed by atoms with E-state index in [1.165, 1.54) is 0 Å². The molecule has 1 unspecified atom stereocenters. The van der Waals surface area contributed by atoms with Gasteiger partial charge in [0.15, 0.2) is 0 Å². The molecule has 0 fully saturated rings. The van der Waals surface area contributed by atoms with E-state index in [0.29, 0.717) is 0 Å². The van der Waals surface area contributed by atoms with Crippen molar-refractivity contribution in [3.8, 4) is 0 Å². The average molecular weight is 275 g/mol. The largest absolute Gasteiger partial charge is 0.480 e. The molecule has 0 heterocycles. The van der Waals surface area contributed by atoms with Gasteiger partial charge in [0.25, 0.3) is 0 Å². The zero-order valence-corrected chi connectivity index (χ0v) is 10.9. The van der Waals surface area contributed by atoms with Crippen molar-refractivity contribution in [1.29, 1.82) is 0 Å². The number of nitrogens with one attached hydrogen (secondary N) is 1. The fourth-order valence-corrected chi connectivity index (χ4v) is 2.34. The van der Waals surface area contributed by atoms with Crippen LogP contribution in [0.5, 0.6) is 0 Å². The first-order valence-corrected chi connectivity index (χ1v) is 6.45. The molecule has 0 radical (unpaired) electrons. The lowest BCUT2D eigenvalue weighted by Crippen LogP contribution is -2.42. The lowest BCUT2D eigenvalue weighted by Gasteiger charge is -2.16. The molecule has 0 amide bonds. The smallest absolute Gasteiger partial charge is 0.321 e. The second-order valence-electron chi connectivity index (χ2n) is 4.10. The number of halogens is 2. The number of carboxylic acid groups (broad SMARTS) is 1. The minimum absolute atomic E-state index is 0.00376. The first kappa shape index (κ1) is 14.9. The van der Waals surface area contributed by atoms with Crippen LogP contribution in [0, 0.1) is 11.6 Å². The van der Waals surface area contributed by atoms with Crippen LogP contribution < -0.4 is 5.32 Å². The summed E-state index contributed by atoms with van der Waals surface area (Å²) in [5, 5.41) is 11.8. The van der Waals surface area contributed by atoms with Gasteiger partial charge in [0, 0.05) is 16.7 Å². The molecule has 1 aromatic rings. The average Bonchev–Trinajstić information content (AvgIpc) is 2.27. The molecule has 0 aliphatic heterocycles. The quantitative estimate of drug-likeness (QED) is 0.783. The molecule has 1 rings (SSSR count). The van der Waals surface area contributed by atoms with Crippen LogP contribution in [0.25, 0.3) is 0 Å². The van der Waals surface area contributed by atoms with Crippen LogP contribution in [-0.4, -0.2) is 28.9 Å². The van der Waals surface area contributed by atoms with E-state index < -0.39 is 23.6 Å². The molecule has 0 saturated carbocycles. The van der Waals surface area contributed by atoms with Crippen molar-refractivity contribution in [2.45, 2.75) is 30.8 Å². The van der Waals surface area contributed by atoms with Crippen LogP contribution in [0.2, 0.25) is 0 Å². The van der Waals surface area contributed by atoms with Crippen LogP contribution in [0.1, 0.15) is 13.8 Å². The molecule has 0 bridgehead atoms. The molecule has 0 aliphatic rings. The third kappa shape index (κ3) is 4.62. The number of hydrogen-bond donors (Lipinski definition) is 2. The maximum atomic E-state index is 13.3. The van der Waals surface area contributed by atoms with E-state index in [2.05, 4.69) is 5.32 Å². The molecule has 2 N–H and O–H groups in total. The van der Waals surface area contributed by atoms with E-state index in [4.69, 9.17) is 5.11 Å². The topological polar surface area (TPSA) is 49.3 Å². The van der Waals surface area contributed by atoms with Gasteiger partial charge >= 0.3 is 5.97 Å². The third-order valence-electron chi connectivity index (χ3n) is 2.13. The van der Waals surface area contributed by atoms with Gasteiger partial charge in [-0.05, 0) is 18.2 Å². The van der Waals surface area contributed by atoms with Crippen molar-refractivity contribution in [1.82, 2.24) is 5.32 Å². The molecule has 0 aliphatic carbocycles. The highest BCUT2D eigenvalue weighted by Crippen LogP contribution is 2.23. The Bertz CT molecular complexity index is 427. The first-order chi connectivity index (χ1) is 8.40. The van der Waals surface area contributed by atoms with Crippen molar-refractivity contribution in [2.75, 3.05) is 5.75 Å². The maximum Gasteiger partial charge on any atom is 0.321 e. The zero-order valence-electron chi connectivity index (χ0n) is 10.1. The molecule has 0 saturated heterocycles. The van der Waals surface area contributed by atoms with Crippen LogP contribution in [-0.2, 0) is 4.79 Å². The Morgan fingerprint density at radius 1 is 1.44 bits per heavy atom. The molecule has 3 nitrogen and oxygen atoms in total. The van der Waals surface area contributed by atoms with E-state index in [1.54, 1.807) is 0 Å². The van der Waals surface area contributed by atoms with Gasteiger partial charge < -0.3 is 10.4 Å². The number of carbonyl (C=O) groups is 1. The summed E-state index contributed by atoms with van der Waals surface area (Å²) in [5.41, 5.74) is 0. The first-order valence-electron chi connectivity index (χ1n) is 5.47. The number of rotatable bonds is 6. The predicted molar refractivity (Wildman–Crippen MR) is 66.8 cm³/mol. The SMILES string of the molecule is CC(C)NC(CSc1cc(F)ccc1F)C(=O)O. The summed E-state index contributed by atoms with van der Waals surface area (Å²) in [6.45, 7) is 3.65. The van der Waals surface area contributed by atoms with Gasteiger partial charge in [0.05, 0.1) is 0 Å². The Morgan fingerprint density at radius 2 is 2.11 bits per heavy atom. The van der Waals surface area contributed by atoms with Crippen molar-refractivity contribution in [3.63, 3.8) is 0 Å². The summed E-state index contributed by atoms with van der Waals surface area (Å²) in [4.78, 5) is 11.1. The van der Waals surface area contributed by atoms with Crippen LogP contribution in [0.4, 0.5) is 8.78 Å². The standard InChI is InChI=1S/C12H15F2NO2S/c1-7(2)15-10(12(16)17)6-18-11-5-8(13)3-4-9(11)14/h3-5,7,10,15H,6H2,1-2H3,(H,16,17). The Hall–Kier alpha value is -1.14. The summed E-state index contributed by atoms with van der Waals surface area (Å²) >= 11 is 0.981. The minimum Gasteiger partial charge on any atom is -0.480 e. The lowest BCUT2D eigenvalue weighted by molar-refractivity contribution is -0.139. The fraction of sp³-hybridized carbons (Fsp3) is 0.417. The molecule has 0 aromatic heterocycles. The molecule has 6 heteroatoms. The molecular formula is C12H15F2NO2S. The molecule has 0 spiro atoms. The van der Waals surface area contributed by atoms with Gasteiger partial charge in [0.2, 0.25) is 0 Å². The minimum atomic E-state index is -1.01. The lowest BCUT2D eigenvalue weighted by atomic mass is 10.3. The molecule has 18 heavy (non-hydrogen) atoms. The van der Waals surface area contributed by atoms with Gasteiger partial charge in [-0.25, -0.2) is 8.78 Å². The van der Waals surface area contributed by atoms with E-state index in [-0.39, 0.29) is 16.7 Å². The highest BCUT2D eigenvalue weighted by Gasteiger charge is 2.19. The van der Waals surface area contributed by atoms with Gasteiger partial charge in [-0.1, -0.05) is 13.8 Å². The molecule has 1 aromatic carbocycles. The summed E-state index contributed by atoms with van der Waals surface area (Å²) < 4.78 is 26.3. The van der Waals surface area contributed by atoms with E-state index in [0.717, 1.165) is 30.0 Å². The Kier molecular flexibility index (Phi) is 5.55. The summed E-state index contributed by atoms with van der Waals surface area (Å²) in [6.07, 6.45) is 0. The zero-order chi connectivity index (χ0) is 13.7. The van der Waals surface area contributed by atoms with Crippen molar-refractivity contribution >= 4 is 17.7 Å². The number of carboxylic acids is 1. The fourth-order valence-electron chi connectivity index (χ4n) is 1.35. The van der Waals surface area contributed by atoms with Gasteiger partial charge in [-0.3, -0.25) is 4.79 Å². The Balaban J connectivity index is 2.66. The maximum absolute atomic E-state index is 13.3. The highest BCUT2D eigenvalue weighted by molar-refractivity contribution is 7.99. The second-order valence-corrected chi connectivity index (χ2v) is 5.16. The van der Waals surface area contributed by atoms with Gasteiger partial charge in [-0.15, -0.1) is 11.8 Å². The monoisotopic (exact) mass is 275 g/mol. The number of aliphatic carboxylic acids is 1. The Labute approximate surface area is 109 Å². The van der Waals surface area contributed by atoms with Crippen LogP contribution >= 0.6 is 11.8 Å². The van der Waals surface area contributed by atoms with Crippen LogP contribution in [0.15, 0.2) is 23.1 Å². The summed E-state index contributed by atoms with van der Waals surface area (Å²) in [6, 6.07) is 2.33. The second kappa shape index (κ2) is 6.70. The summed E-state index contributed by atoms with van der Waals surface area (Å²) in [7, 11) is 0. The summed E-state index contributed by atoms with van der Waals surface area (Å²) in [5.74, 6) is -1.96. The van der Waals surface area contributed by atoms with E-state index >= 15 is 0 Å². The van der Waals surface area contributed by atoms with Crippen LogP contribution in [0.3, 0.4) is 0 Å². The van der Waals surface area contributed by atoms with E-state index in [9.17, 15) is 13.6 Å². The van der Waals surface area contributed by atoms with Gasteiger partial charge in [-0.2, -0.15) is 0 Å². The number of benzene rings is 1. The van der Waals surface area contributed by atoms with E-state index in [1.807, 2.05) is 13.8 Å². The van der Waals surface area contributed by atoms with Gasteiger partial charge in [0.1, 0.15) is 17.7 Å². The normalized spacial score (nSPS) is 12.7.